The van der Waals surface area contributed by atoms with E-state index in [1.165, 1.54) is 13.2 Å². The van der Waals surface area contributed by atoms with Gasteiger partial charge >= 0.3 is 0 Å². The lowest BCUT2D eigenvalue weighted by Gasteiger charge is -2.06. The molecule has 1 aliphatic rings. The third kappa shape index (κ3) is 1.98. The molecule has 0 bridgehead atoms. The first-order valence-electron chi connectivity index (χ1n) is 7.93. The van der Waals surface area contributed by atoms with Crippen molar-refractivity contribution in [3.8, 4) is 11.8 Å². The summed E-state index contributed by atoms with van der Waals surface area (Å²) >= 11 is 0. The Morgan fingerprint density at radius 3 is 2.60 bits per heavy atom. The molecular weight excluding hydrogens is 322 g/mol. The highest BCUT2D eigenvalue weighted by Crippen LogP contribution is 2.43. The summed E-state index contributed by atoms with van der Waals surface area (Å²) in [6.07, 6.45) is 5.23. The fourth-order valence-corrected chi connectivity index (χ4v) is 3.96. The summed E-state index contributed by atoms with van der Waals surface area (Å²) in [5, 5.41) is 26.5. The molecule has 0 amide bonds. The molecule has 7 nitrogen and oxygen atoms in total. The number of H-pyrrole nitrogens is 2. The van der Waals surface area contributed by atoms with E-state index in [1.807, 2.05) is 0 Å². The quantitative estimate of drug-likeness (QED) is 0.547. The number of rotatable bonds is 3. The van der Waals surface area contributed by atoms with E-state index in [2.05, 4.69) is 21.7 Å². The van der Waals surface area contributed by atoms with Crippen LogP contribution in [0.25, 0.3) is 34.0 Å². The Kier molecular flexibility index (Phi) is 3.31. The number of aromatic hydroxyl groups is 2. The van der Waals surface area contributed by atoms with Crippen LogP contribution >= 0.6 is 0 Å². The van der Waals surface area contributed by atoms with Gasteiger partial charge in [0.25, 0.3) is 0 Å². The fourth-order valence-electron chi connectivity index (χ4n) is 3.96. The summed E-state index contributed by atoms with van der Waals surface area (Å²) in [6.45, 7) is 4.05. The van der Waals surface area contributed by atoms with E-state index in [1.54, 1.807) is 0 Å². The van der Waals surface area contributed by atoms with Crippen LogP contribution in [0.5, 0.6) is 11.8 Å². The largest absolute Gasteiger partial charge is 0.496 e. The number of methoxy groups -OCH3 is 1. The molecule has 4 rings (SSSR count). The summed E-state index contributed by atoms with van der Waals surface area (Å²) in [7, 11) is 1.49. The Balaban J connectivity index is 2.34. The highest BCUT2D eigenvalue weighted by molar-refractivity contribution is 6.15. The van der Waals surface area contributed by atoms with Crippen LogP contribution in [0, 0.1) is 4.91 Å². The summed E-state index contributed by atoms with van der Waals surface area (Å²) in [5.41, 5.74) is 3.02. The van der Waals surface area contributed by atoms with Gasteiger partial charge in [-0.3, -0.25) is 4.98 Å². The minimum Gasteiger partial charge on any atom is -0.496 e. The van der Waals surface area contributed by atoms with E-state index < -0.39 is 0 Å². The first-order chi connectivity index (χ1) is 12.1. The van der Waals surface area contributed by atoms with Crippen molar-refractivity contribution in [3.63, 3.8) is 0 Å². The number of nitrogens with zero attached hydrogens (tertiary/aromatic N) is 1. The first kappa shape index (κ1) is 15.3. The number of benzene rings is 1. The summed E-state index contributed by atoms with van der Waals surface area (Å²) in [4.78, 5) is 16.4. The van der Waals surface area contributed by atoms with Gasteiger partial charge in [0.1, 0.15) is 5.76 Å². The lowest BCUT2D eigenvalue weighted by atomic mass is 9.98. The fraction of sp³-hybridized carbons (Fsp3) is 0.222. The molecule has 0 spiro atoms. The maximum atomic E-state index is 10.5. The van der Waals surface area contributed by atoms with Gasteiger partial charge in [0, 0.05) is 22.0 Å². The molecule has 0 unspecified atom stereocenters. The number of hydrogen-bond acceptors (Lipinski definition) is 5. The third-order valence-electron chi connectivity index (χ3n) is 4.86. The molecule has 2 heterocycles. The van der Waals surface area contributed by atoms with E-state index >= 15 is 0 Å². The topological polar surface area (TPSA) is 111 Å². The van der Waals surface area contributed by atoms with Crippen LogP contribution in [-0.2, 0) is 17.6 Å². The van der Waals surface area contributed by atoms with Gasteiger partial charge in [-0.25, -0.2) is 0 Å². The second-order valence-corrected chi connectivity index (χ2v) is 6.10. The summed E-state index contributed by atoms with van der Waals surface area (Å²) in [5.74, 6) is 0.241. The van der Waals surface area contributed by atoms with Crippen molar-refractivity contribution in [1.29, 1.82) is 0 Å². The van der Waals surface area contributed by atoms with Crippen molar-refractivity contribution in [1.82, 2.24) is 9.97 Å². The number of aromatic nitrogens is 2. The number of ether oxygens (including phenoxy) is 1. The Hall–Kier alpha value is -3.22. The van der Waals surface area contributed by atoms with Crippen molar-refractivity contribution in [2.24, 2.45) is 5.18 Å². The zero-order valence-corrected chi connectivity index (χ0v) is 13.6. The molecule has 4 N–H and O–H groups in total. The highest BCUT2D eigenvalue weighted by atomic mass is 16.5. The lowest BCUT2D eigenvalue weighted by Crippen LogP contribution is -2.24. The third-order valence-corrected chi connectivity index (χ3v) is 4.86. The molecule has 0 fully saturated rings. The van der Waals surface area contributed by atoms with Gasteiger partial charge in [-0.1, -0.05) is 6.58 Å². The van der Waals surface area contributed by atoms with Crippen LogP contribution in [0.3, 0.4) is 0 Å². The molecule has 1 aromatic carbocycles. The molecular formula is C18H17N3O4. The van der Waals surface area contributed by atoms with E-state index in [-0.39, 0.29) is 11.8 Å². The Bertz CT molecular complexity index is 1170. The first-order valence-corrected chi connectivity index (χ1v) is 7.93. The van der Waals surface area contributed by atoms with Gasteiger partial charge < -0.3 is 19.9 Å². The standard InChI is InChI=1S/C18H17N3O4/c1-8-12(11(25-2)6-7-19-24)14-15-13(17(22)21-18(15)23)9-4-3-5-10(9)16(14)20-8/h6-7,20-23H,1,3-5H2,2H3/b7-6-,12-11-. The van der Waals surface area contributed by atoms with Gasteiger partial charge in [0.2, 0.25) is 0 Å². The van der Waals surface area contributed by atoms with Gasteiger partial charge in [-0.2, -0.15) is 0 Å². The average molecular weight is 339 g/mol. The number of aromatic amines is 2. The zero-order chi connectivity index (χ0) is 17.7. The second kappa shape index (κ2) is 5.41. The number of fused-ring (bicyclic) bond motifs is 6. The molecule has 0 radical (unpaired) electrons. The molecule has 0 atom stereocenters. The van der Waals surface area contributed by atoms with E-state index in [9.17, 15) is 15.1 Å². The molecule has 0 saturated carbocycles. The minimum atomic E-state index is -0.111. The molecule has 0 aliphatic heterocycles. The van der Waals surface area contributed by atoms with Crippen molar-refractivity contribution in [3.05, 3.63) is 38.9 Å². The zero-order valence-electron chi connectivity index (χ0n) is 13.6. The maximum absolute atomic E-state index is 10.5. The van der Waals surface area contributed by atoms with E-state index in [0.29, 0.717) is 32.5 Å². The Labute approximate surface area is 141 Å². The lowest BCUT2D eigenvalue weighted by molar-refractivity contribution is 0.370. The maximum Gasteiger partial charge on any atom is 0.200 e. The van der Waals surface area contributed by atoms with Crippen LogP contribution in [0.4, 0.5) is 0 Å². The van der Waals surface area contributed by atoms with E-state index in [4.69, 9.17) is 4.74 Å². The van der Waals surface area contributed by atoms with Gasteiger partial charge in [-0.15, -0.1) is 4.91 Å². The van der Waals surface area contributed by atoms with Crippen molar-refractivity contribution < 1.29 is 14.9 Å². The van der Waals surface area contributed by atoms with Crippen molar-refractivity contribution in [2.75, 3.05) is 7.11 Å². The highest BCUT2D eigenvalue weighted by Gasteiger charge is 2.26. The predicted octanol–water partition coefficient (Wildman–Crippen LogP) is 1.99. The number of hydrogen-bond donors (Lipinski definition) is 4. The smallest absolute Gasteiger partial charge is 0.200 e. The van der Waals surface area contributed by atoms with Crippen molar-refractivity contribution >= 4 is 34.0 Å². The average Bonchev–Trinajstić information content (AvgIpc) is 3.25. The molecule has 2 aromatic heterocycles. The Morgan fingerprint density at radius 2 is 1.88 bits per heavy atom. The molecule has 25 heavy (non-hydrogen) atoms. The molecule has 1 aliphatic carbocycles. The predicted molar refractivity (Wildman–Crippen MR) is 95.6 cm³/mol. The molecule has 0 saturated heterocycles. The van der Waals surface area contributed by atoms with Gasteiger partial charge in [0.05, 0.1) is 29.6 Å². The normalized spacial score (nSPS) is 15.2. The van der Waals surface area contributed by atoms with Crippen molar-refractivity contribution in [2.45, 2.75) is 19.3 Å². The van der Waals surface area contributed by atoms with Crippen LogP contribution in [0.15, 0.2) is 17.5 Å². The molecule has 3 aromatic rings. The second-order valence-electron chi connectivity index (χ2n) is 6.10. The van der Waals surface area contributed by atoms with Gasteiger partial charge in [-0.05, 0) is 35.6 Å². The van der Waals surface area contributed by atoms with E-state index in [0.717, 1.165) is 42.1 Å². The Morgan fingerprint density at radius 1 is 1.16 bits per heavy atom. The van der Waals surface area contributed by atoms with Crippen LogP contribution < -0.4 is 10.6 Å². The number of nitroso groups, excluding NO2 is 1. The molecule has 128 valence electrons. The molecule has 7 heteroatoms. The van der Waals surface area contributed by atoms with Gasteiger partial charge in [0.15, 0.2) is 11.8 Å². The minimum absolute atomic E-state index is 0.0469. The van der Waals surface area contributed by atoms with Crippen LogP contribution in [0.2, 0.25) is 0 Å². The van der Waals surface area contributed by atoms with Crippen LogP contribution in [-0.4, -0.2) is 27.3 Å². The number of aryl methyl sites for hydroxylation is 2. The summed E-state index contributed by atoms with van der Waals surface area (Å²) < 4.78 is 5.42. The SMILES string of the molecule is C=c1[nH]c2c3c(c4c(O)[nH]c(O)c4c2/c1=C(/C=C\N=O)OC)CCC3. The summed E-state index contributed by atoms with van der Waals surface area (Å²) in [6, 6.07) is 0. The monoisotopic (exact) mass is 339 g/mol. The van der Waals surface area contributed by atoms with Crippen LogP contribution in [0.1, 0.15) is 17.5 Å². The number of nitrogens with one attached hydrogen (secondary N) is 2.